The summed E-state index contributed by atoms with van der Waals surface area (Å²) in [5, 5.41) is 12.6. The number of carbonyl (C=O) groups excluding carboxylic acids is 1. The summed E-state index contributed by atoms with van der Waals surface area (Å²) in [6, 6.07) is 4.41. The number of nitrogens with zero attached hydrogens (tertiary/aromatic N) is 1. The van der Waals surface area contributed by atoms with Gasteiger partial charge >= 0.3 is 12.0 Å². The van der Waals surface area contributed by atoms with Gasteiger partial charge in [-0.25, -0.2) is 9.18 Å². The van der Waals surface area contributed by atoms with E-state index >= 15 is 0 Å². The molecule has 2 heterocycles. The summed E-state index contributed by atoms with van der Waals surface area (Å²) >= 11 is 0. The molecule has 24 heavy (non-hydrogen) atoms. The molecule has 1 aromatic heterocycles. The van der Waals surface area contributed by atoms with Crippen LogP contribution in [-0.4, -0.2) is 46.6 Å². The Bertz CT molecular complexity index is 751. The molecule has 1 aromatic carbocycles. The van der Waals surface area contributed by atoms with Crippen molar-refractivity contribution >= 4 is 22.9 Å². The number of piperidine rings is 1. The number of H-pyrrole nitrogens is 1. The summed E-state index contributed by atoms with van der Waals surface area (Å²) < 4.78 is 13.3. The van der Waals surface area contributed by atoms with Crippen LogP contribution < -0.4 is 5.32 Å². The van der Waals surface area contributed by atoms with Crippen LogP contribution in [0.5, 0.6) is 0 Å². The molecule has 0 atom stereocenters. The summed E-state index contributed by atoms with van der Waals surface area (Å²) in [4.78, 5) is 27.8. The number of rotatable bonds is 4. The summed E-state index contributed by atoms with van der Waals surface area (Å²) in [5.74, 6) is -1.43. The molecule has 1 fully saturated rings. The first-order valence-electron chi connectivity index (χ1n) is 8.05. The van der Waals surface area contributed by atoms with E-state index in [4.69, 9.17) is 5.11 Å². The molecule has 128 valence electrons. The minimum Gasteiger partial charge on any atom is -0.481 e. The van der Waals surface area contributed by atoms with Gasteiger partial charge in [0.25, 0.3) is 0 Å². The monoisotopic (exact) mass is 333 g/mol. The van der Waals surface area contributed by atoms with E-state index < -0.39 is 5.97 Å². The lowest BCUT2D eigenvalue weighted by atomic mass is 9.97. The van der Waals surface area contributed by atoms with Crippen LogP contribution in [0.4, 0.5) is 9.18 Å². The number of amides is 2. The van der Waals surface area contributed by atoms with Gasteiger partial charge in [0.2, 0.25) is 0 Å². The lowest BCUT2D eigenvalue weighted by Crippen LogP contribution is -2.45. The van der Waals surface area contributed by atoms with E-state index in [2.05, 4.69) is 10.3 Å². The van der Waals surface area contributed by atoms with E-state index in [1.165, 1.54) is 12.1 Å². The SMILES string of the molecule is O=C(O)C1CCN(C(=O)NCCc2c[nH]c3ccc(F)cc23)CC1. The zero-order valence-corrected chi connectivity index (χ0v) is 13.2. The number of hydrogen-bond acceptors (Lipinski definition) is 2. The highest BCUT2D eigenvalue weighted by Gasteiger charge is 2.26. The van der Waals surface area contributed by atoms with Gasteiger partial charge in [-0.1, -0.05) is 0 Å². The van der Waals surface area contributed by atoms with E-state index in [1.54, 1.807) is 11.0 Å². The molecule has 0 bridgehead atoms. The van der Waals surface area contributed by atoms with Crippen molar-refractivity contribution in [3.8, 4) is 0 Å². The van der Waals surface area contributed by atoms with Crippen LogP contribution in [0.1, 0.15) is 18.4 Å². The molecule has 1 saturated heterocycles. The zero-order chi connectivity index (χ0) is 17.1. The topological polar surface area (TPSA) is 85.4 Å². The van der Waals surface area contributed by atoms with E-state index in [0.29, 0.717) is 38.9 Å². The fourth-order valence-corrected chi connectivity index (χ4v) is 3.10. The number of urea groups is 1. The number of benzene rings is 1. The van der Waals surface area contributed by atoms with Crippen molar-refractivity contribution in [1.82, 2.24) is 15.2 Å². The van der Waals surface area contributed by atoms with E-state index in [-0.39, 0.29) is 17.8 Å². The Kier molecular flexibility index (Phi) is 4.69. The van der Waals surface area contributed by atoms with Crippen LogP contribution in [0.25, 0.3) is 10.9 Å². The van der Waals surface area contributed by atoms with E-state index in [0.717, 1.165) is 16.5 Å². The Morgan fingerprint density at radius 3 is 2.79 bits per heavy atom. The Balaban J connectivity index is 1.50. The van der Waals surface area contributed by atoms with Crippen LogP contribution in [-0.2, 0) is 11.2 Å². The molecule has 0 saturated carbocycles. The first-order chi connectivity index (χ1) is 11.5. The number of carboxylic acid groups (broad SMARTS) is 1. The molecule has 2 amide bonds. The van der Waals surface area contributed by atoms with Crippen LogP contribution in [0, 0.1) is 11.7 Å². The average molecular weight is 333 g/mol. The molecule has 3 N–H and O–H groups in total. The van der Waals surface area contributed by atoms with Crippen molar-refractivity contribution in [1.29, 1.82) is 0 Å². The maximum atomic E-state index is 13.3. The molecule has 3 rings (SSSR count). The molecule has 1 aliphatic rings. The van der Waals surface area contributed by atoms with Crippen molar-refractivity contribution in [3.05, 3.63) is 35.8 Å². The van der Waals surface area contributed by atoms with Gasteiger partial charge in [-0.15, -0.1) is 0 Å². The molecule has 0 spiro atoms. The fraction of sp³-hybridized carbons (Fsp3) is 0.412. The third-order valence-electron chi connectivity index (χ3n) is 4.53. The number of hydrogen-bond donors (Lipinski definition) is 3. The number of fused-ring (bicyclic) bond motifs is 1. The number of likely N-dealkylation sites (tertiary alicyclic amines) is 1. The molecule has 6 nitrogen and oxygen atoms in total. The van der Waals surface area contributed by atoms with Crippen molar-refractivity contribution in [2.75, 3.05) is 19.6 Å². The molecular formula is C17H20FN3O3. The lowest BCUT2D eigenvalue weighted by molar-refractivity contribution is -0.143. The van der Waals surface area contributed by atoms with Crippen LogP contribution in [0.15, 0.2) is 24.4 Å². The second kappa shape index (κ2) is 6.90. The van der Waals surface area contributed by atoms with Crippen LogP contribution in [0.2, 0.25) is 0 Å². The number of nitrogens with one attached hydrogen (secondary N) is 2. The lowest BCUT2D eigenvalue weighted by Gasteiger charge is -2.30. The van der Waals surface area contributed by atoms with Crippen LogP contribution in [0.3, 0.4) is 0 Å². The minimum absolute atomic E-state index is 0.176. The third-order valence-corrected chi connectivity index (χ3v) is 4.53. The Hall–Kier alpha value is -2.57. The number of aliphatic carboxylic acids is 1. The number of carboxylic acids is 1. The number of halogens is 1. The molecule has 0 radical (unpaired) electrons. The highest BCUT2D eigenvalue weighted by atomic mass is 19.1. The molecule has 1 aliphatic heterocycles. The standard InChI is InChI=1S/C17H20FN3O3/c18-13-1-2-15-14(9-13)12(10-20-15)3-6-19-17(24)21-7-4-11(5-8-21)16(22)23/h1-2,9-11,20H,3-8H2,(H,19,24)(H,22,23). The molecular weight excluding hydrogens is 313 g/mol. The average Bonchev–Trinajstić information content (AvgIpc) is 2.97. The Morgan fingerprint density at radius 1 is 1.33 bits per heavy atom. The quantitative estimate of drug-likeness (QED) is 0.803. The van der Waals surface area contributed by atoms with Crippen molar-refractivity contribution in [2.24, 2.45) is 5.92 Å². The molecule has 0 unspecified atom stereocenters. The molecule has 2 aromatic rings. The highest BCUT2D eigenvalue weighted by molar-refractivity contribution is 5.83. The van der Waals surface area contributed by atoms with Crippen molar-refractivity contribution in [3.63, 3.8) is 0 Å². The predicted molar refractivity (Wildman–Crippen MR) is 87.3 cm³/mol. The summed E-state index contributed by atoms with van der Waals surface area (Å²) in [6.45, 7) is 1.36. The van der Waals surface area contributed by atoms with Gasteiger partial charge in [-0.3, -0.25) is 4.79 Å². The van der Waals surface area contributed by atoms with E-state index in [1.807, 2.05) is 6.20 Å². The maximum absolute atomic E-state index is 13.3. The number of aromatic amines is 1. The Labute approximate surface area is 138 Å². The van der Waals surface area contributed by atoms with Gasteiger partial charge in [-0.05, 0) is 43.0 Å². The van der Waals surface area contributed by atoms with Crippen LogP contribution >= 0.6 is 0 Å². The fourth-order valence-electron chi connectivity index (χ4n) is 3.10. The number of aromatic nitrogens is 1. The molecule has 0 aliphatic carbocycles. The summed E-state index contributed by atoms with van der Waals surface area (Å²) in [7, 11) is 0. The van der Waals surface area contributed by atoms with Gasteiger partial charge in [0.05, 0.1) is 5.92 Å². The Morgan fingerprint density at radius 2 is 2.08 bits per heavy atom. The predicted octanol–water partition coefficient (Wildman–Crippen LogP) is 2.36. The second-order valence-electron chi connectivity index (χ2n) is 6.09. The summed E-state index contributed by atoms with van der Waals surface area (Å²) in [6.07, 6.45) is 3.41. The van der Waals surface area contributed by atoms with Gasteiger partial charge < -0.3 is 20.3 Å². The van der Waals surface area contributed by atoms with E-state index in [9.17, 15) is 14.0 Å². The number of carbonyl (C=O) groups is 2. The van der Waals surface area contributed by atoms with Gasteiger partial charge in [0.1, 0.15) is 5.82 Å². The van der Waals surface area contributed by atoms with Crippen molar-refractivity contribution in [2.45, 2.75) is 19.3 Å². The van der Waals surface area contributed by atoms with Gasteiger partial charge in [-0.2, -0.15) is 0 Å². The first-order valence-corrected chi connectivity index (χ1v) is 8.05. The second-order valence-corrected chi connectivity index (χ2v) is 6.09. The third kappa shape index (κ3) is 3.50. The summed E-state index contributed by atoms with van der Waals surface area (Å²) in [5.41, 5.74) is 1.82. The normalized spacial score (nSPS) is 15.6. The maximum Gasteiger partial charge on any atom is 0.317 e. The largest absolute Gasteiger partial charge is 0.481 e. The molecule has 7 heteroatoms. The smallest absolute Gasteiger partial charge is 0.317 e. The minimum atomic E-state index is -0.790. The van der Waals surface area contributed by atoms with Crippen molar-refractivity contribution < 1.29 is 19.1 Å². The highest BCUT2D eigenvalue weighted by Crippen LogP contribution is 2.20. The zero-order valence-electron chi connectivity index (χ0n) is 13.2. The first kappa shape index (κ1) is 16.3. The van der Waals surface area contributed by atoms with Gasteiger partial charge in [0.15, 0.2) is 0 Å². The van der Waals surface area contributed by atoms with Gasteiger partial charge in [0, 0.05) is 36.7 Å².